The van der Waals surface area contributed by atoms with E-state index in [1.54, 1.807) is 12.1 Å². The molecule has 3 heteroatoms. The Morgan fingerprint density at radius 1 is 1.56 bits per heavy atom. The van der Waals surface area contributed by atoms with Gasteiger partial charge in [0.05, 0.1) is 5.69 Å². The van der Waals surface area contributed by atoms with Crippen LogP contribution in [-0.2, 0) is 6.54 Å². The van der Waals surface area contributed by atoms with Gasteiger partial charge in [-0.05, 0) is 25.5 Å². The summed E-state index contributed by atoms with van der Waals surface area (Å²) in [4.78, 5) is 4.27. The largest absolute Gasteiger partial charge is 0.506 e. The van der Waals surface area contributed by atoms with E-state index in [4.69, 9.17) is 6.42 Å². The van der Waals surface area contributed by atoms with Crippen LogP contribution in [0.2, 0.25) is 0 Å². The molecule has 1 aromatic heterocycles. The molecule has 1 unspecified atom stereocenters. The Morgan fingerprint density at radius 2 is 2.31 bits per heavy atom. The first-order valence-electron chi connectivity index (χ1n) is 5.49. The summed E-state index contributed by atoms with van der Waals surface area (Å²) in [5, 5.41) is 12.9. The summed E-state index contributed by atoms with van der Waals surface area (Å²) < 4.78 is 0. The van der Waals surface area contributed by atoms with Gasteiger partial charge in [0.15, 0.2) is 0 Å². The SMILES string of the molecule is C#CCC(CC)NCc1nc(C)ccc1O. The third-order valence-electron chi connectivity index (χ3n) is 2.50. The molecule has 0 radical (unpaired) electrons. The lowest BCUT2D eigenvalue weighted by molar-refractivity contribution is 0.446. The first kappa shape index (κ1) is 12.5. The van der Waals surface area contributed by atoms with E-state index < -0.39 is 0 Å². The van der Waals surface area contributed by atoms with Crippen molar-refractivity contribution in [1.29, 1.82) is 0 Å². The second-order valence-electron chi connectivity index (χ2n) is 3.81. The molecule has 1 atom stereocenters. The maximum Gasteiger partial charge on any atom is 0.138 e. The zero-order chi connectivity index (χ0) is 12.0. The highest BCUT2D eigenvalue weighted by molar-refractivity contribution is 5.27. The standard InChI is InChI=1S/C13H18N2O/c1-4-6-11(5-2)14-9-12-13(16)8-7-10(3)15-12/h1,7-8,11,14,16H,5-6,9H2,2-3H3. The normalized spacial score (nSPS) is 12.1. The van der Waals surface area contributed by atoms with Crippen LogP contribution in [0.3, 0.4) is 0 Å². The monoisotopic (exact) mass is 218 g/mol. The van der Waals surface area contributed by atoms with Crippen LogP contribution in [0, 0.1) is 19.3 Å². The summed E-state index contributed by atoms with van der Waals surface area (Å²) in [5.74, 6) is 2.87. The molecule has 3 nitrogen and oxygen atoms in total. The number of rotatable bonds is 5. The number of pyridine rings is 1. The summed E-state index contributed by atoms with van der Waals surface area (Å²) in [6.07, 6.45) is 6.94. The molecule has 1 rings (SSSR count). The molecular weight excluding hydrogens is 200 g/mol. The van der Waals surface area contributed by atoms with E-state index in [1.165, 1.54) is 0 Å². The minimum absolute atomic E-state index is 0.230. The molecule has 0 saturated carbocycles. The van der Waals surface area contributed by atoms with Crippen LogP contribution in [0.1, 0.15) is 31.2 Å². The molecule has 0 spiro atoms. The van der Waals surface area contributed by atoms with Crippen LogP contribution in [0.25, 0.3) is 0 Å². The third kappa shape index (κ3) is 3.56. The quantitative estimate of drug-likeness (QED) is 0.743. The van der Waals surface area contributed by atoms with Gasteiger partial charge in [0.1, 0.15) is 5.75 Å². The Kier molecular flexibility index (Phi) is 4.81. The van der Waals surface area contributed by atoms with Gasteiger partial charge in [0.2, 0.25) is 0 Å². The van der Waals surface area contributed by atoms with Crippen LogP contribution in [-0.4, -0.2) is 16.1 Å². The molecule has 1 heterocycles. The fraction of sp³-hybridized carbons (Fsp3) is 0.462. The van der Waals surface area contributed by atoms with Crippen molar-refractivity contribution in [3.63, 3.8) is 0 Å². The fourth-order valence-corrected chi connectivity index (χ4v) is 1.48. The highest BCUT2D eigenvalue weighted by Gasteiger charge is 2.07. The first-order valence-corrected chi connectivity index (χ1v) is 5.49. The predicted octanol–water partition coefficient (Wildman–Crippen LogP) is 1.99. The van der Waals surface area contributed by atoms with E-state index >= 15 is 0 Å². The Hall–Kier alpha value is -1.53. The molecule has 0 saturated heterocycles. The molecule has 86 valence electrons. The number of hydrogen-bond acceptors (Lipinski definition) is 3. The zero-order valence-corrected chi connectivity index (χ0v) is 9.83. The highest BCUT2D eigenvalue weighted by Crippen LogP contribution is 2.14. The summed E-state index contributed by atoms with van der Waals surface area (Å²) >= 11 is 0. The summed E-state index contributed by atoms with van der Waals surface area (Å²) in [5.41, 5.74) is 1.58. The molecule has 0 aliphatic carbocycles. The van der Waals surface area contributed by atoms with Gasteiger partial charge >= 0.3 is 0 Å². The maximum atomic E-state index is 9.61. The molecule has 0 aliphatic rings. The average molecular weight is 218 g/mol. The van der Waals surface area contributed by atoms with E-state index in [9.17, 15) is 5.11 Å². The number of terminal acetylenes is 1. The van der Waals surface area contributed by atoms with Gasteiger partial charge in [0, 0.05) is 24.7 Å². The van der Waals surface area contributed by atoms with Gasteiger partial charge in [-0.25, -0.2) is 0 Å². The molecule has 16 heavy (non-hydrogen) atoms. The van der Waals surface area contributed by atoms with Crippen LogP contribution < -0.4 is 5.32 Å². The van der Waals surface area contributed by atoms with Crippen LogP contribution in [0.5, 0.6) is 5.75 Å². The molecule has 0 fully saturated rings. The van der Waals surface area contributed by atoms with E-state index in [2.05, 4.69) is 23.1 Å². The van der Waals surface area contributed by atoms with Crippen molar-refractivity contribution in [2.45, 2.75) is 39.3 Å². The minimum Gasteiger partial charge on any atom is -0.506 e. The number of aromatic hydroxyl groups is 1. The second kappa shape index (κ2) is 6.14. The lowest BCUT2D eigenvalue weighted by Crippen LogP contribution is -2.27. The van der Waals surface area contributed by atoms with E-state index in [0.717, 1.165) is 12.1 Å². The molecule has 0 aliphatic heterocycles. The topological polar surface area (TPSA) is 45.2 Å². The van der Waals surface area contributed by atoms with Gasteiger partial charge in [0.25, 0.3) is 0 Å². The van der Waals surface area contributed by atoms with Crippen molar-refractivity contribution in [1.82, 2.24) is 10.3 Å². The molecule has 2 N–H and O–H groups in total. The van der Waals surface area contributed by atoms with Gasteiger partial charge in [-0.2, -0.15) is 0 Å². The average Bonchev–Trinajstić information content (AvgIpc) is 2.28. The lowest BCUT2D eigenvalue weighted by Gasteiger charge is -2.14. The van der Waals surface area contributed by atoms with Gasteiger partial charge in [-0.15, -0.1) is 12.3 Å². The fourth-order valence-electron chi connectivity index (χ4n) is 1.48. The van der Waals surface area contributed by atoms with E-state index in [1.807, 2.05) is 6.92 Å². The molecule has 1 aromatic rings. The molecule has 0 bridgehead atoms. The second-order valence-corrected chi connectivity index (χ2v) is 3.81. The number of aromatic nitrogens is 1. The Labute approximate surface area is 96.9 Å². The predicted molar refractivity (Wildman–Crippen MR) is 65.0 cm³/mol. The van der Waals surface area contributed by atoms with Crippen LogP contribution in [0.15, 0.2) is 12.1 Å². The van der Waals surface area contributed by atoms with Crippen molar-refractivity contribution in [3.05, 3.63) is 23.5 Å². The minimum atomic E-state index is 0.230. The van der Waals surface area contributed by atoms with E-state index in [0.29, 0.717) is 18.7 Å². The number of aryl methyl sites for hydroxylation is 1. The molecular formula is C13H18N2O. The summed E-state index contributed by atoms with van der Waals surface area (Å²) in [6, 6.07) is 3.74. The smallest absolute Gasteiger partial charge is 0.138 e. The van der Waals surface area contributed by atoms with Crippen molar-refractivity contribution >= 4 is 0 Å². The van der Waals surface area contributed by atoms with Crippen molar-refractivity contribution < 1.29 is 5.11 Å². The summed E-state index contributed by atoms with van der Waals surface area (Å²) in [7, 11) is 0. The van der Waals surface area contributed by atoms with Crippen molar-refractivity contribution in [3.8, 4) is 18.1 Å². The Bertz CT molecular complexity index is 382. The van der Waals surface area contributed by atoms with Gasteiger partial charge < -0.3 is 10.4 Å². The van der Waals surface area contributed by atoms with Crippen molar-refractivity contribution in [2.75, 3.05) is 0 Å². The Morgan fingerprint density at radius 3 is 2.94 bits per heavy atom. The number of hydrogen-bond donors (Lipinski definition) is 2. The summed E-state index contributed by atoms with van der Waals surface area (Å²) in [6.45, 7) is 4.54. The highest BCUT2D eigenvalue weighted by atomic mass is 16.3. The van der Waals surface area contributed by atoms with Gasteiger partial charge in [-0.3, -0.25) is 4.98 Å². The van der Waals surface area contributed by atoms with Crippen LogP contribution in [0.4, 0.5) is 0 Å². The number of nitrogens with one attached hydrogen (secondary N) is 1. The third-order valence-corrected chi connectivity index (χ3v) is 2.50. The van der Waals surface area contributed by atoms with Gasteiger partial charge in [-0.1, -0.05) is 6.92 Å². The number of nitrogens with zero attached hydrogens (tertiary/aromatic N) is 1. The first-order chi connectivity index (χ1) is 7.67. The zero-order valence-electron chi connectivity index (χ0n) is 9.83. The van der Waals surface area contributed by atoms with Crippen LogP contribution >= 0.6 is 0 Å². The molecule has 0 aromatic carbocycles. The van der Waals surface area contributed by atoms with Crippen molar-refractivity contribution in [2.24, 2.45) is 0 Å². The molecule has 0 amide bonds. The van der Waals surface area contributed by atoms with E-state index in [-0.39, 0.29) is 11.8 Å². The Balaban J connectivity index is 2.60. The maximum absolute atomic E-state index is 9.61. The lowest BCUT2D eigenvalue weighted by atomic mass is 10.1.